The van der Waals surface area contributed by atoms with Crippen molar-refractivity contribution in [2.24, 2.45) is 0 Å². The molecule has 0 bridgehead atoms. The number of sulfonamides is 1. The molecule has 5 nitrogen and oxygen atoms in total. The molecule has 0 heterocycles. The Morgan fingerprint density at radius 1 is 0.852 bits per heavy atom. The van der Waals surface area contributed by atoms with Gasteiger partial charge in [-0.15, -0.1) is 0 Å². The number of hydrogen-bond donors (Lipinski definition) is 2. The van der Waals surface area contributed by atoms with E-state index in [-0.39, 0.29) is 10.8 Å². The van der Waals surface area contributed by atoms with Crippen LogP contribution in [0.1, 0.15) is 15.9 Å². The lowest BCUT2D eigenvalue weighted by molar-refractivity contribution is 0.102. The first-order valence-electron chi connectivity index (χ1n) is 8.10. The predicted octanol–water partition coefficient (Wildman–Crippen LogP) is 4.65. The molecule has 27 heavy (non-hydrogen) atoms. The van der Waals surface area contributed by atoms with Gasteiger partial charge in [-0.2, -0.15) is 0 Å². The molecule has 0 aliphatic carbocycles. The van der Waals surface area contributed by atoms with Crippen LogP contribution in [0.25, 0.3) is 0 Å². The summed E-state index contributed by atoms with van der Waals surface area (Å²) < 4.78 is 28.5. The first-order valence-corrected chi connectivity index (χ1v) is 10.7. The second-order valence-electron chi connectivity index (χ2n) is 5.91. The number of carbonyl (C=O) groups is 1. The normalized spacial score (nSPS) is 11.0. The first kappa shape index (κ1) is 19.4. The van der Waals surface area contributed by atoms with Crippen molar-refractivity contribution in [2.45, 2.75) is 11.8 Å². The highest BCUT2D eigenvalue weighted by Crippen LogP contribution is 2.20. The molecule has 3 rings (SSSR count). The first-order chi connectivity index (χ1) is 12.8. The number of halogens is 1. The van der Waals surface area contributed by atoms with Crippen molar-refractivity contribution >= 4 is 49.9 Å². The average Bonchev–Trinajstić information content (AvgIpc) is 2.64. The van der Waals surface area contributed by atoms with Crippen LogP contribution in [0.4, 0.5) is 11.4 Å². The fraction of sp³-hybridized carbons (Fsp3) is 0.0500. The van der Waals surface area contributed by atoms with Crippen LogP contribution in [0.3, 0.4) is 0 Å². The summed E-state index contributed by atoms with van der Waals surface area (Å²) in [6.07, 6.45) is 0. The smallest absolute Gasteiger partial charge is 0.261 e. The summed E-state index contributed by atoms with van der Waals surface area (Å²) in [6.45, 7) is 1.86. The Hall–Kier alpha value is -2.39. The zero-order chi connectivity index (χ0) is 19.4. The number of aryl methyl sites for hydroxylation is 1. The lowest BCUT2D eigenvalue weighted by Gasteiger charge is -2.10. The summed E-state index contributed by atoms with van der Waals surface area (Å²) in [5.74, 6) is -0.235. The van der Waals surface area contributed by atoms with Gasteiger partial charge in [-0.25, -0.2) is 8.42 Å². The minimum absolute atomic E-state index is 0.120. The van der Waals surface area contributed by atoms with E-state index in [0.717, 1.165) is 9.13 Å². The number of benzene rings is 3. The summed E-state index contributed by atoms with van der Waals surface area (Å²) in [4.78, 5) is 12.5. The summed E-state index contributed by atoms with van der Waals surface area (Å²) in [5, 5.41) is 2.78. The molecule has 0 radical (unpaired) electrons. The van der Waals surface area contributed by atoms with E-state index >= 15 is 0 Å². The Bertz CT molecular complexity index is 1060. The van der Waals surface area contributed by atoms with Crippen molar-refractivity contribution in [3.63, 3.8) is 0 Å². The van der Waals surface area contributed by atoms with Crippen LogP contribution in [0.5, 0.6) is 0 Å². The Balaban J connectivity index is 1.73. The lowest BCUT2D eigenvalue weighted by atomic mass is 10.1. The highest BCUT2D eigenvalue weighted by atomic mass is 127. The largest absolute Gasteiger partial charge is 0.322 e. The van der Waals surface area contributed by atoms with Gasteiger partial charge < -0.3 is 5.32 Å². The summed E-state index contributed by atoms with van der Waals surface area (Å²) in [5.41, 5.74) is 2.47. The number of nitrogens with one attached hydrogen (secondary N) is 2. The lowest BCUT2D eigenvalue weighted by Crippen LogP contribution is -2.14. The molecule has 2 N–H and O–H groups in total. The summed E-state index contributed by atoms with van der Waals surface area (Å²) in [7, 11) is -3.70. The fourth-order valence-electron chi connectivity index (χ4n) is 2.48. The maximum Gasteiger partial charge on any atom is 0.261 e. The van der Waals surface area contributed by atoms with E-state index in [4.69, 9.17) is 0 Å². The monoisotopic (exact) mass is 492 g/mol. The van der Waals surface area contributed by atoms with Crippen LogP contribution in [-0.4, -0.2) is 14.3 Å². The predicted molar refractivity (Wildman–Crippen MR) is 116 cm³/mol. The molecule has 0 saturated heterocycles. The molecule has 0 aromatic heterocycles. The maximum atomic E-state index is 12.5. The highest BCUT2D eigenvalue weighted by molar-refractivity contribution is 14.1. The zero-order valence-corrected chi connectivity index (χ0v) is 17.4. The van der Waals surface area contributed by atoms with Gasteiger partial charge in [0.05, 0.1) is 4.90 Å². The van der Waals surface area contributed by atoms with Gasteiger partial charge in [0.1, 0.15) is 0 Å². The molecule has 3 aromatic rings. The molecule has 0 aliphatic rings. The quantitative estimate of drug-likeness (QED) is 0.510. The van der Waals surface area contributed by atoms with Gasteiger partial charge in [0, 0.05) is 20.5 Å². The topological polar surface area (TPSA) is 75.3 Å². The second-order valence-corrected chi connectivity index (χ2v) is 8.83. The molecule has 3 aromatic carbocycles. The number of carbonyl (C=O) groups excluding carboxylic acids is 1. The number of anilines is 2. The number of rotatable bonds is 5. The van der Waals surface area contributed by atoms with Gasteiger partial charge in [-0.1, -0.05) is 18.2 Å². The van der Waals surface area contributed by atoms with Crippen LogP contribution < -0.4 is 10.0 Å². The van der Waals surface area contributed by atoms with Gasteiger partial charge >= 0.3 is 0 Å². The standard InChI is InChI=1S/C20H17IN2O3S/c1-14-4-2-3-5-19(14)20(24)22-16-10-12-18(13-11-16)27(25,26)23-17-8-6-15(21)7-9-17/h2-13,23H,1H3,(H,22,24). The van der Waals surface area contributed by atoms with Crippen LogP contribution in [0.2, 0.25) is 0 Å². The van der Waals surface area contributed by atoms with Crippen LogP contribution >= 0.6 is 22.6 Å². The van der Waals surface area contributed by atoms with Crippen molar-refractivity contribution in [2.75, 3.05) is 10.0 Å². The molecular weight excluding hydrogens is 475 g/mol. The van der Waals surface area contributed by atoms with Crippen LogP contribution in [0, 0.1) is 10.5 Å². The van der Waals surface area contributed by atoms with Crippen LogP contribution in [0.15, 0.2) is 77.7 Å². The molecular formula is C20H17IN2O3S. The maximum absolute atomic E-state index is 12.5. The van der Waals surface area contributed by atoms with Gasteiger partial charge in [0.15, 0.2) is 0 Å². The van der Waals surface area contributed by atoms with Crippen molar-refractivity contribution in [1.82, 2.24) is 0 Å². The molecule has 0 aliphatic heterocycles. The third kappa shape index (κ3) is 4.86. The Morgan fingerprint density at radius 3 is 2.07 bits per heavy atom. The molecule has 7 heteroatoms. The minimum atomic E-state index is -3.70. The van der Waals surface area contributed by atoms with E-state index in [0.29, 0.717) is 16.9 Å². The Kier molecular flexibility index (Phi) is 5.81. The highest BCUT2D eigenvalue weighted by Gasteiger charge is 2.15. The zero-order valence-electron chi connectivity index (χ0n) is 14.4. The minimum Gasteiger partial charge on any atom is -0.322 e. The van der Waals surface area contributed by atoms with Crippen molar-refractivity contribution in [3.8, 4) is 0 Å². The van der Waals surface area contributed by atoms with Crippen molar-refractivity contribution in [3.05, 3.63) is 87.5 Å². The molecule has 0 saturated carbocycles. The van der Waals surface area contributed by atoms with E-state index < -0.39 is 10.0 Å². The van der Waals surface area contributed by atoms with Gasteiger partial charge in [0.25, 0.3) is 15.9 Å². The molecule has 1 amide bonds. The SMILES string of the molecule is Cc1ccccc1C(=O)Nc1ccc(S(=O)(=O)Nc2ccc(I)cc2)cc1. The summed E-state index contributed by atoms with van der Waals surface area (Å²) >= 11 is 2.15. The average molecular weight is 492 g/mol. The van der Waals surface area contributed by atoms with Gasteiger partial charge in [-0.05, 0) is 89.7 Å². The third-order valence-corrected chi connectivity index (χ3v) is 6.02. The fourth-order valence-corrected chi connectivity index (χ4v) is 3.89. The van der Waals surface area contributed by atoms with E-state index in [1.807, 2.05) is 31.2 Å². The molecule has 0 unspecified atom stereocenters. The number of amides is 1. The third-order valence-electron chi connectivity index (χ3n) is 3.91. The molecule has 0 atom stereocenters. The second kappa shape index (κ2) is 8.10. The van der Waals surface area contributed by atoms with Crippen molar-refractivity contribution < 1.29 is 13.2 Å². The Labute approximate surface area is 172 Å². The van der Waals surface area contributed by atoms with Crippen LogP contribution in [-0.2, 0) is 10.0 Å². The molecule has 138 valence electrons. The molecule has 0 spiro atoms. The van der Waals surface area contributed by atoms with E-state index in [1.54, 1.807) is 36.4 Å². The molecule has 0 fully saturated rings. The number of hydrogen-bond acceptors (Lipinski definition) is 3. The van der Waals surface area contributed by atoms with Crippen molar-refractivity contribution in [1.29, 1.82) is 0 Å². The van der Waals surface area contributed by atoms with E-state index in [2.05, 4.69) is 32.6 Å². The van der Waals surface area contributed by atoms with Gasteiger partial charge in [0.2, 0.25) is 0 Å². The van der Waals surface area contributed by atoms with E-state index in [1.165, 1.54) is 12.1 Å². The van der Waals surface area contributed by atoms with E-state index in [9.17, 15) is 13.2 Å². The Morgan fingerprint density at radius 2 is 1.44 bits per heavy atom. The summed E-state index contributed by atoms with van der Waals surface area (Å²) in [6, 6.07) is 20.4. The van der Waals surface area contributed by atoms with Gasteiger partial charge in [-0.3, -0.25) is 9.52 Å².